The maximum absolute atomic E-state index is 16.5. The zero-order valence-electron chi connectivity index (χ0n) is 25.1. The fourth-order valence-corrected chi connectivity index (χ4v) is 7.59. The van der Waals surface area contributed by atoms with Crippen LogP contribution in [-0.4, -0.2) is 41.6 Å². The summed E-state index contributed by atoms with van der Waals surface area (Å²) in [5.41, 5.74) is 2.20. The van der Waals surface area contributed by atoms with Crippen molar-refractivity contribution in [2.45, 2.75) is 61.7 Å². The number of sulfonamides is 1. The number of hydrogen-bond acceptors (Lipinski definition) is 5. The first-order valence-electron chi connectivity index (χ1n) is 15.3. The average molecular weight is 677 g/mol. The third-order valence-electron chi connectivity index (χ3n) is 8.86. The number of amides is 1. The maximum atomic E-state index is 16.5. The van der Waals surface area contributed by atoms with Gasteiger partial charge in [-0.2, -0.15) is 18.6 Å². The number of hydrogen-bond donors (Lipinski definition) is 2. The number of aromatic amines is 1. The summed E-state index contributed by atoms with van der Waals surface area (Å²) in [6.45, 7) is 0.0227. The van der Waals surface area contributed by atoms with Gasteiger partial charge in [-0.1, -0.05) is 60.1 Å². The molecule has 12 heteroatoms. The number of nitrogens with one attached hydrogen (secondary N) is 2. The van der Waals surface area contributed by atoms with E-state index in [0.29, 0.717) is 33.0 Å². The van der Waals surface area contributed by atoms with Crippen LogP contribution in [0, 0.1) is 0 Å². The van der Waals surface area contributed by atoms with E-state index >= 15 is 8.78 Å². The maximum Gasteiger partial charge on any atom is 0.298 e. The summed E-state index contributed by atoms with van der Waals surface area (Å²) in [7, 11) is -4.60. The van der Waals surface area contributed by atoms with Crippen LogP contribution in [0.25, 0.3) is 21.9 Å². The van der Waals surface area contributed by atoms with Gasteiger partial charge in [0.1, 0.15) is 5.75 Å². The van der Waals surface area contributed by atoms with Crippen LogP contribution in [0.2, 0.25) is 5.02 Å². The molecule has 2 N–H and O–H groups in total. The highest BCUT2D eigenvalue weighted by atomic mass is 35.5. The number of carbonyl (C=O) groups is 1. The molecule has 8 nitrogen and oxygen atoms in total. The predicted molar refractivity (Wildman–Crippen MR) is 175 cm³/mol. The molecule has 7 rings (SSSR count). The Balaban J connectivity index is 1.18. The molecule has 1 amide bonds. The Labute approximate surface area is 275 Å². The molecule has 47 heavy (non-hydrogen) atoms. The molecule has 0 saturated heterocycles. The zero-order chi connectivity index (χ0) is 32.8. The van der Waals surface area contributed by atoms with Crippen LogP contribution in [0.1, 0.15) is 42.5 Å². The zero-order valence-corrected chi connectivity index (χ0v) is 26.7. The van der Waals surface area contributed by atoms with Crippen molar-refractivity contribution in [3.63, 3.8) is 0 Å². The minimum absolute atomic E-state index is 0.000779. The fraction of sp³-hybridized carbons (Fsp3) is 0.257. The van der Waals surface area contributed by atoms with Gasteiger partial charge in [-0.25, -0.2) is 8.42 Å². The lowest BCUT2D eigenvalue weighted by Crippen LogP contribution is -2.55. The molecule has 0 spiro atoms. The van der Waals surface area contributed by atoms with E-state index in [1.54, 1.807) is 42.5 Å². The van der Waals surface area contributed by atoms with Gasteiger partial charge in [-0.15, -0.1) is 0 Å². The molecule has 1 aliphatic carbocycles. The van der Waals surface area contributed by atoms with Crippen molar-refractivity contribution in [2.75, 3.05) is 0 Å². The Hall–Kier alpha value is -4.32. The van der Waals surface area contributed by atoms with Crippen LogP contribution in [-0.2, 0) is 33.8 Å². The first kappa shape index (κ1) is 31.3. The van der Waals surface area contributed by atoms with E-state index in [4.69, 9.17) is 16.3 Å². The Morgan fingerprint density at radius 1 is 0.936 bits per heavy atom. The highest BCUT2D eigenvalue weighted by Gasteiger charge is 2.50. The molecule has 1 atom stereocenters. The predicted octanol–water partition coefficient (Wildman–Crippen LogP) is 7.19. The van der Waals surface area contributed by atoms with Crippen molar-refractivity contribution in [1.29, 1.82) is 0 Å². The second-order valence-corrected chi connectivity index (χ2v) is 14.2. The second-order valence-electron chi connectivity index (χ2n) is 12.0. The van der Waals surface area contributed by atoms with Gasteiger partial charge in [0.25, 0.3) is 5.92 Å². The summed E-state index contributed by atoms with van der Waals surface area (Å²) >= 11 is 5.98. The van der Waals surface area contributed by atoms with Gasteiger partial charge in [-0.05, 0) is 84.0 Å². The van der Waals surface area contributed by atoms with Crippen LogP contribution < -0.4 is 9.46 Å². The summed E-state index contributed by atoms with van der Waals surface area (Å²) in [5.74, 6) is -4.28. The molecule has 1 aromatic heterocycles. The summed E-state index contributed by atoms with van der Waals surface area (Å²) in [6.07, 6.45) is 5.94. The topological polar surface area (TPSA) is 104 Å². The standard InChI is InChI=1S/C35H31ClF2N4O4S/c36-28-13-7-23(8-14-28)22-5-11-27(12-6-22)35(37,38)33(34(43)42-20-26-19-39-40-32(26)21-42)41-47(44,45)31-16-10-24-17-30(15-9-25(24)18-31)46-29-3-1-2-4-29/h5-19,29,33,41H,1-4,20-21H2,(H,39,40)/t33-/m1/s1. The van der Waals surface area contributed by atoms with E-state index in [1.165, 1.54) is 47.5 Å². The smallest absolute Gasteiger partial charge is 0.298 e. The molecule has 2 heterocycles. The molecule has 1 fully saturated rings. The molecule has 0 radical (unpaired) electrons. The molecular formula is C35H31ClF2N4O4S. The molecule has 1 aliphatic heterocycles. The second kappa shape index (κ2) is 12.4. The Kier molecular flexibility index (Phi) is 8.23. The number of carbonyl (C=O) groups excluding carboxylic acids is 1. The Bertz CT molecular complexity index is 2030. The van der Waals surface area contributed by atoms with Gasteiger partial charge in [0.05, 0.1) is 29.4 Å². The van der Waals surface area contributed by atoms with Gasteiger partial charge >= 0.3 is 0 Å². The van der Waals surface area contributed by atoms with Crippen LogP contribution >= 0.6 is 11.6 Å². The summed E-state index contributed by atoms with van der Waals surface area (Å²) in [6, 6.07) is 19.6. The molecule has 242 valence electrons. The van der Waals surface area contributed by atoms with Crippen LogP contribution in [0.5, 0.6) is 5.75 Å². The molecule has 5 aromatic rings. The third-order valence-corrected chi connectivity index (χ3v) is 10.5. The van der Waals surface area contributed by atoms with Gasteiger partial charge in [0, 0.05) is 22.7 Å². The minimum atomic E-state index is -4.60. The van der Waals surface area contributed by atoms with E-state index < -0.39 is 33.5 Å². The molecular weight excluding hydrogens is 646 g/mol. The summed E-state index contributed by atoms with van der Waals surface area (Å²) < 4.78 is 68.6. The first-order valence-corrected chi connectivity index (χ1v) is 17.2. The SMILES string of the molecule is O=C([C@@H](NS(=O)(=O)c1ccc2cc(OC3CCCC3)ccc2c1)C(F)(F)c1ccc(-c2ccc(Cl)cc2)cc1)N1Cc2cn[nH]c2C1. The first-order chi connectivity index (χ1) is 22.6. The third kappa shape index (κ3) is 6.35. The highest BCUT2D eigenvalue weighted by Crippen LogP contribution is 2.37. The number of H-pyrrole nitrogens is 1. The summed E-state index contributed by atoms with van der Waals surface area (Å²) in [5, 5.41) is 8.57. The molecule has 1 saturated carbocycles. The Morgan fingerprint density at radius 2 is 1.60 bits per heavy atom. The van der Waals surface area contributed by atoms with Crippen molar-refractivity contribution in [3.8, 4) is 16.9 Å². The van der Waals surface area contributed by atoms with Gasteiger partial charge < -0.3 is 9.64 Å². The fourth-order valence-electron chi connectivity index (χ4n) is 6.24. The van der Waals surface area contributed by atoms with Crippen molar-refractivity contribution in [3.05, 3.63) is 113 Å². The van der Waals surface area contributed by atoms with Gasteiger partial charge in [0.2, 0.25) is 15.9 Å². The molecule has 2 aliphatic rings. The largest absolute Gasteiger partial charge is 0.490 e. The number of rotatable bonds is 9. The lowest BCUT2D eigenvalue weighted by Gasteiger charge is -2.30. The van der Waals surface area contributed by atoms with Crippen molar-refractivity contribution in [1.82, 2.24) is 19.8 Å². The number of nitrogens with zero attached hydrogens (tertiary/aromatic N) is 2. The summed E-state index contributed by atoms with van der Waals surface area (Å²) in [4.78, 5) is 14.8. The normalized spacial score (nSPS) is 16.0. The monoisotopic (exact) mass is 676 g/mol. The minimum Gasteiger partial charge on any atom is -0.490 e. The number of aromatic nitrogens is 2. The van der Waals surface area contributed by atoms with E-state index in [-0.39, 0.29) is 24.1 Å². The number of benzene rings is 4. The highest BCUT2D eigenvalue weighted by molar-refractivity contribution is 7.89. The van der Waals surface area contributed by atoms with Crippen LogP contribution in [0.3, 0.4) is 0 Å². The van der Waals surface area contributed by atoms with E-state index in [0.717, 1.165) is 36.6 Å². The number of ether oxygens (including phenoxy) is 1. The van der Waals surface area contributed by atoms with Crippen molar-refractivity contribution >= 4 is 38.3 Å². The average Bonchev–Trinajstić information content (AvgIpc) is 3.83. The van der Waals surface area contributed by atoms with Crippen molar-refractivity contribution in [2.24, 2.45) is 0 Å². The lowest BCUT2D eigenvalue weighted by atomic mass is 9.97. The molecule has 0 unspecified atom stereocenters. The van der Waals surface area contributed by atoms with Crippen LogP contribution in [0.4, 0.5) is 8.78 Å². The Morgan fingerprint density at radius 3 is 2.30 bits per heavy atom. The lowest BCUT2D eigenvalue weighted by molar-refractivity contribution is -0.145. The van der Waals surface area contributed by atoms with E-state index in [2.05, 4.69) is 14.9 Å². The molecule has 0 bridgehead atoms. The van der Waals surface area contributed by atoms with E-state index in [1.807, 2.05) is 6.07 Å². The number of fused-ring (bicyclic) bond motifs is 2. The quantitative estimate of drug-likeness (QED) is 0.172. The molecule has 4 aromatic carbocycles. The van der Waals surface area contributed by atoms with Crippen LogP contribution in [0.15, 0.2) is 96.0 Å². The number of halogens is 3. The van der Waals surface area contributed by atoms with Crippen molar-refractivity contribution < 1.29 is 26.7 Å². The number of alkyl halides is 2. The van der Waals surface area contributed by atoms with Gasteiger partial charge in [-0.3, -0.25) is 9.89 Å². The van der Waals surface area contributed by atoms with Gasteiger partial charge in [0.15, 0.2) is 6.04 Å². The van der Waals surface area contributed by atoms with E-state index in [9.17, 15) is 13.2 Å².